The molecule has 0 aromatic heterocycles. The summed E-state index contributed by atoms with van der Waals surface area (Å²) in [4.78, 5) is 75.9. The highest BCUT2D eigenvalue weighted by Crippen LogP contribution is 2.43. The average molecular weight is 835 g/mol. The summed E-state index contributed by atoms with van der Waals surface area (Å²) in [5.74, 6) is -2.10. The number of amides is 5. The van der Waals surface area contributed by atoms with E-state index in [1.54, 1.807) is 24.3 Å². The van der Waals surface area contributed by atoms with Crippen molar-refractivity contribution in [3.05, 3.63) is 87.9 Å². The topological polar surface area (TPSA) is 141 Å². The molecule has 5 fully saturated rings. The minimum atomic E-state index is -1.35. The van der Waals surface area contributed by atoms with Crippen LogP contribution in [0.15, 0.2) is 60.7 Å². The van der Waals surface area contributed by atoms with Gasteiger partial charge in [0.15, 0.2) is 0 Å². The van der Waals surface area contributed by atoms with Gasteiger partial charge in [0.05, 0.1) is 21.7 Å². The Morgan fingerprint density at radius 3 is 2.05 bits per heavy atom. The van der Waals surface area contributed by atoms with Crippen LogP contribution in [0.5, 0.6) is 0 Å². The molecule has 1 atom stereocenters. The van der Waals surface area contributed by atoms with Crippen LogP contribution < -0.4 is 20.0 Å². The Kier molecular flexibility index (Phi) is 10.5. The van der Waals surface area contributed by atoms with Crippen molar-refractivity contribution in [3.63, 3.8) is 0 Å². The zero-order chi connectivity index (χ0) is 41.8. The molecule has 0 radical (unpaired) electrons. The van der Waals surface area contributed by atoms with Crippen molar-refractivity contribution in [3.8, 4) is 6.07 Å². The van der Waals surface area contributed by atoms with Crippen LogP contribution in [0.3, 0.4) is 0 Å². The number of anilines is 3. The van der Waals surface area contributed by atoms with Gasteiger partial charge in [-0.05, 0) is 91.8 Å². The Morgan fingerprint density at radius 1 is 0.750 bits per heavy atom. The van der Waals surface area contributed by atoms with Crippen molar-refractivity contribution in [1.82, 2.24) is 20.0 Å². The second kappa shape index (κ2) is 15.8. The van der Waals surface area contributed by atoms with Crippen molar-refractivity contribution < 1.29 is 28.4 Å². The molecule has 3 aromatic rings. The molecule has 5 saturated heterocycles. The number of nitrogens with zero attached hydrogens (tertiary/aromatic N) is 7. The summed E-state index contributed by atoms with van der Waals surface area (Å²) in [6.45, 7) is 7.55. The molecule has 1 unspecified atom stereocenters. The van der Waals surface area contributed by atoms with E-state index in [-0.39, 0.29) is 35.3 Å². The van der Waals surface area contributed by atoms with E-state index in [1.165, 1.54) is 0 Å². The number of rotatable bonds is 7. The van der Waals surface area contributed by atoms with E-state index < -0.39 is 35.3 Å². The maximum Gasteiger partial charge on any atom is 0.262 e. The Labute approximate surface area is 353 Å². The fourth-order valence-electron chi connectivity index (χ4n) is 10.1. The minimum Gasteiger partial charge on any atom is -0.371 e. The number of nitrogens with one attached hydrogen (secondary N) is 1. The van der Waals surface area contributed by atoms with Crippen molar-refractivity contribution >= 4 is 58.2 Å². The highest BCUT2D eigenvalue weighted by molar-refractivity contribution is 6.32. The predicted molar refractivity (Wildman–Crippen MR) is 224 cm³/mol. The fraction of sp³-hybridized carbons (Fsp3) is 0.467. The zero-order valence-corrected chi connectivity index (χ0v) is 34.3. The SMILES string of the molecule is N#Cc1ccc(N2CCC3(CCN(C(=O)c4ccc(N5CCN(CC6(F)CCN(c7ccc8c(c7)C(=O)N(C7CCC(=O)NC7=O)C8=O)CC6)CC5)cc4)CC3)C2)cc1Cl. The Morgan fingerprint density at radius 2 is 1.37 bits per heavy atom. The Hall–Kier alpha value is -5.52. The van der Waals surface area contributed by atoms with E-state index in [9.17, 15) is 29.2 Å². The number of hydrogen-bond acceptors (Lipinski definition) is 10. The van der Waals surface area contributed by atoms with Gasteiger partial charge in [0.1, 0.15) is 17.8 Å². The maximum atomic E-state index is 16.3. The van der Waals surface area contributed by atoms with Gasteiger partial charge >= 0.3 is 0 Å². The molecule has 0 bridgehead atoms. The lowest BCUT2D eigenvalue weighted by atomic mass is 9.77. The first kappa shape index (κ1) is 39.9. The third-order valence-corrected chi connectivity index (χ3v) is 14.1. The molecular formula is C45H48ClFN8O5. The molecule has 9 rings (SSSR count). The maximum absolute atomic E-state index is 16.3. The molecule has 13 nitrogen and oxygen atoms in total. The van der Waals surface area contributed by atoms with Gasteiger partial charge in [-0.15, -0.1) is 0 Å². The van der Waals surface area contributed by atoms with Crippen LogP contribution in [0.4, 0.5) is 21.5 Å². The van der Waals surface area contributed by atoms with Gasteiger partial charge in [-0.3, -0.25) is 39.1 Å². The number of piperazine rings is 1. The first-order valence-electron chi connectivity index (χ1n) is 21.0. The summed E-state index contributed by atoms with van der Waals surface area (Å²) in [7, 11) is 0. The molecule has 6 aliphatic heterocycles. The summed E-state index contributed by atoms with van der Waals surface area (Å²) >= 11 is 6.31. The number of benzene rings is 3. The second-order valence-corrected chi connectivity index (χ2v) is 17.8. The molecule has 0 saturated carbocycles. The monoisotopic (exact) mass is 834 g/mol. The Balaban J connectivity index is 0.726. The molecule has 15 heteroatoms. The lowest BCUT2D eigenvalue weighted by Crippen LogP contribution is -2.54. The summed E-state index contributed by atoms with van der Waals surface area (Å²) in [6, 6.07) is 19.7. The third-order valence-electron chi connectivity index (χ3n) is 13.8. The van der Waals surface area contributed by atoms with E-state index in [0.29, 0.717) is 48.6 Å². The van der Waals surface area contributed by atoms with Crippen LogP contribution in [0.25, 0.3) is 0 Å². The molecule has 1 N–H and O–H groups in total. The summed E-state index contributed by atoms with van der Waals surface area (Å²) in [6.07, 6.45) is 3.80. The molecule has 1 spiro atoms. The average Bonchev–Trinajstić information content (AvgIpc) is 3.78. The van der Waals surface area contributed by atoms with Crippen LogP contribution in [0.1, 0.15) is 81.6 Å². The molecule has 0 aliphatic carbocycles. The van der Waals surface area contributed by atoms with Crippen molar-refractivity contribution in [1.29, 1.82) is 5.26 Å². The van der Waals surface area contributed by atoms with E-state index in [1.807, 2.05) is 46.2 Å². The van der Waals surface area contributed by atoms with Gasteiger partial charge in [-0.1, -0.05) is 11.6 Å². The van der Waals surface area contributed by atoms with E-state index in [0.717, 1.165) is 93.6 Å². The number of imide groups is 2. The minimum absolute atomic E-state index is 0.0592. The number of fused-ring (bicyclic) bond motifs is 1. The lowest BCUT2D eigenvalue weighted by Gasteiger charge is -2.43. The predicted octanol–water partition coefficient (Wildman–Crippen LogP) is 4.88. The Bertz CT molecular complexity index is 2270. The highest BCUT2D eigenvalue weighted by atomic mass is 35.5. The van der Waals surface area contributed by atoms with Crippen LogP contribution in [-0.2, 0) is 9.59 Å². The summed E-state index contributed by atoms with van der Waals surface area (Å²) < 4.78 is 16.3. The number of hydrogen-bond donors (Lipinski definition) is 1. The second-order valence-electron chi connectivity index (χ2n) is 17.4. The number of carbonyl (C=O) groups excluding carboxylic acids is 5. The summed E-state index contributed by atoms with van der Waals surface area (Å²) in [5.41, 5.74) is 3.26. The molecule has 3 aromatic carbocycles. The van der Waals surface area contributed by atoms with Gasteiger partial charge in [0.2, 0.25) is 11.8 Å². The quantitative estimate of drug-likeness (QED) is 0.328. The van der Waals surface area contributed by atoms with Gasteiger partial charge < -0.3 is 19.6 Å². The largest absolute Gasteiger partial charge is 0.371 e. The first-order chi connectivity index (χ1) is 28.9. The van der Waals surface area contributed by atoms with Crippen molar-refractivity contribution in [2.24, 2.45) is 5.41 Å². The normalized spacial score (nSPS) is 22.9. The van der Waals surface area contributed by atoms with Gasteiger partial charge in [-0.25, -0.2) is 4.39 Å². The zero-order valence-electron chi connectivity index (χ0n) is 33.5. The standard InChI is InChI=1S/C45H48ClFN8O5/c46-37-26-34(6-3-31(37)27-48)54-18-13-44(28-54)11-16-53(17-12-44)41(58)30-1-4-32(5-2-30)52-23-21-50(22-24-52)29-45(47)14-19-51(20-15-45)33-7-8-35-36(25-33)43(60)55(42(35)59)38-9-10-39(56)49-40(38)57/h1-8,25-26,38H,9-24,28-29H2,(H,49,56,57). The number of halogens is 2. The van der Waals surface area contributed by atoms with Gasteiger partial charge in [0, 0.05) is 114 Å². The third kappa shape index (κ3) is 7.58. The number of piperidine rings is 3. The molecular weight excluding hydrogens is 787 g/mol. The number of alkyl halides is 1. The van der Waals surface area contributed by atoms with Gasteiger partial charge in [0.25, 0.3) is 17.7 Å². The van der Waals surface area contributed by atoms with E-state index >= 15 is 4.39 Å². The molecule has 60 heavy (non-hydrogen) atoms. The van der Waals surface area contributed by atoms with Crippen molar-refractivity contribution in [2.75, 3.05) is 86.7 Å². The van der Waals surface area contributed by atoms with Crippen LogP contribution in [0.2, 0.25) is 5.02 Å². The first-order valence-corrected chi connectivity index (χ1v) is 21.4. The number of carbonyl (C=O) groups is 5. The highest BCUT2D eigenvalue weighted by Gasteiger charge is 2.46. The molecule has 312 valence electrons. The molecule has 6 aliphatic rings. The van der Waals surface area contributed by atoms with Crippen LogP contribution in [0, 0.1) is 16.7 Å². The van der Waals surface area contributed by atoms with E-state index in [2.05, 4.69) is 26.1 Å². The molecule has 6 heterocycles. The number of likely N-dealkylation sites (tertiary alicyclic amines) is 1. The van der Waals surface area contributed by atoms with Crippen LogP contribution in [-0.4, -0.2) is 128 Å². The summed E-state index contributed by atoms with van der Waals surface area (Å²) in [5, 5.41) is 11.9. The number of nitriles is 1. The van der Waals surface area contributed by atoms with Gasteiger partial charge in [-0.2, -0.15) is 5.26 Å². The smallest absolute Gasteiger partial charge is 0.262 e. The van der Waals surface area contributed by atoms with E-state index in [4.69, 9.17) is 11.6 Å². The fourth-order valence-corrected chi connectivity index (χ4v) is 10.3. The molecule has 5 amide bonds. The van der Waals surface area contributed by atoms with Crippen LogP contribution >= 0.6 is 11.6 Å². The lowest BCUT2D eigenvalue weighted by molar-refractivity contribution is -0.136. The van der Waals surface area contributed by atoms with Crippen molar-refractivity contribution in [2.45, 2.75) is 56.7 Å².